The van der Waals surface area contributed by atoms with Crippen molar-refractivity contribution in [1.82, 2.24) is 4.90 Å². The van der Waals surface area contributed by atoms with Crippen molar-refractivity contribution in [3.8, 4) is 5.75 Å². The van der Waals surface area contributed by atoms with E-state index in [9.17, 15) is 9.59 Å². The van der Waals surface area contributed by atoms with Gasteiger partial charge in [-0.2, -0.15) is 0 Å². The Labute approximate surface area is 128 Å². The average molecular weight is 312 g/mol. The quantitative estimate of drug-likeness (QED) is 0.805. The van der Waals surface area contributed by atoms with E-state index < -0.39 is 6.04 Å². The van der Waals surface area contributed by atoms with Crippen LogP contribution in [0.1, 0.15) is 29.6 Å². The van der Waals surface area contributed by atoms with Gasteiger partial charge in [-0.1, -0.05) is 11.6 Å². The second-order valence-electron chi connectivity index (χ2n) is 4.88. The summed E-state index contributed by atoms with van der Waals surface area (Å²) in [7, 11) is 2.83. The van der Waals surface area contributed by atoms with Gasteiger partial charge in [-0.3, -0.25) is 4.79 Å². The third-order valence-electron chi connectivity index (χ3n) is 3.63. The zero-order valence-corrected chi connectivity index (χ0v) is 12.9. The number of nitrogens with zero attached hydrogens (tertiary/aromatic N) is 1. The fourth-order valence-corrected chi connectivity index (χ4v) is 2.73. The topological polar surface area (TPSA) is 55.8 Å². The Hall–Kier alpha value is -1.75. The molecule has 1 aliphatic rings. The number of piperidine rings is 1. The monoisotopic (exact) mass is 311 g/mol. The highest BCUT2D eigenvalue weighted by Gasteiger charge is 2.34. The number of benzene rings is 1. The molecule has 1 unspecified atom stereocenters. The van der Waals surface area contributed by atoms with Crippen molar-refractivity contribution in [2.75, 3.05) is 20.8 Å². The highest BCUT2D eigenvalue weighted by Crippen LogP contribution is 2.27. The number of hydrogen-bond acceptors (Lipinski definition) is 4. The van der Waals surface area contributed by atoms with Gasteiger partial charge in [-0.15, -0.1) is 0 Å². The number of carbonyl (C=O) groups is 2. The molecule has 0 N–H and O–H groups in total. The highest BCUT2D eigenvalue weighted by molar-refractivity contribution is 6.31. The number of likely N-dealkylation sites (tertiary alicyclic amines) is 1. The van der Waals surface area contributed by atoms with E-state index in [4.69, 9.17) is 21.1 Å². The minimum absolute atomic E-state index is 0.260. The first-order valence-electron chi connectivity index (χ1n) is 6.80. The van der Waals surface area contributed by atoms with E-state index in [0.717, 1.165) is 12.8 Å². The van der Waals surface area contributed by atoms with Crippen LogP contribution in [-0.2, 0) is 9.53 Å². The zero-order chi connectivity index (χ0) is 15.4. The van der Waals surface area contributed by atoms with Gasteiger partial charge < -0.3 is 14.4 Å². The molecule has 1 saturated heterocycles. The third-order valence-corrected chi connectivity index (χ3v) is 3.86. The van der Waals surface area contributed by atoms with Gasteiger partial charge in [0, 0.05) is 11.6 Å². The number of halogens is 1. The number of carbonyl (C=O) groups excluding carboxylic acids is 2. The number of esters is 1. The maximum Gasteiger partial charge on any atom is 0.328 e. The summed E-state index contributed by atoms with van der Waals surface area (Å²) in [5.41, 5.74) is 0.362. The molecule has 0 bridgehead atoms. The SMILES string of the molecule is COC(=O)C1CCCCN1C(=O)c1cc(Cl)ccc1OC. The lowest BCUT2D eigenvalue weighted by molar-refractivity contribution is -0.147. The largest absolute Gasteiger partial charge is 0.496 e. The van der Waals surface area contributed by atoms with Gasteiger partial charge in [-0.25, -0.2) is 4.79 Å². The summed E-state index contributed by atoms with van der Waals surface area (Å²) in [5.74, 6) is -0.202. The van der Waals surface area contributed by atoms with Gasteiger partial charge in [-0.05, 0) is 37.5 Å². The van der Waals surface area contributed by atoms with Gasteiger partial charge in [0.15, 0.2) is 0 Å². The summed E-state index contributed by atoms with van der Waals surface area (Å²) in [6.07, 6.45) is 2.37. The molecule has 1 fully saturated rings. The van der Waals surface area contributed by atoms with E-state index in [1.807, 2.05) is 0 Å². The van der Waals surface area contributed by atoms with E-state index >= 15 is 0 Å². The summed E-state index contributed by atoms with van der Waals surface area (Å²) >= 11 is 5.97. The molecule has 0 aromatic heterocycles. The fourth-order valence-electron chi connectivity index (χ4n) is 2.56. The first kappa shape index (κ1) is 15.6. The summed E-state index contributed by atoms with van der Waals surface area (Å²) in [4.78, 5) is 26.1. The van der Waals surface area contributed by atoms with E-state index in [1.165, 1.54) is 14.2 Å². The molecule has 1 aliphatic heterocycles. The third kappa shape index (κ3) is 3.29. The van der Waals surface area contributed by atoms with E-state index in [0.29, 0.717) is 29.3 Å². The summed E-state index contributed by atoms with van der Waals surface area (Å²) in [6, 6.07) is 4.32. The van der Waals surface area contributed by atoms with Crippen LogP contribution in [0, 0.1) is 0 Å². The van der Waals surface area contributed by atoms with Crippen LogP contribution in [-0.4, -0.2) is 43.6 Å². The van der Waals surface area contributed by atoms with Gasteiger partial charge in [0.2, 0.25) is 0 Å². The van der Waals surface area contributed by atoms with Crippen LogP contribution >= 0.6 is 11.6 Å². The van der Waals surface area contributed by atoms with Gasteiger partial charge in [0.25, 0.3) is 5.91 Å². The van der Waals surface area contributed by atoms with Gasteiger partial charge >= 0.3 is 5.97 Å². The van der Waals surface area contributed by atoms with Crippen molar-refractivity contribution in [2.45, 2.75) is 25.3 Å². The minimum atomic E-state index is -0.542. The van der Waals surface area contributed by atoms with Gasteiger partial charge in [0.05, 0.1) is 19.8 Å². The molecule has 0 saturated carbocycles. The molecule has 114 valence electrons. The molecule has 2 rings (SSSR count). The first-order valence-corrected chi connectivity index (χ1v) is 7.18. The molecule has 0 radical (unpaired) electrons. The molecular weight excluding hydrogens is 294 g/mol. The molecule has 0 aliphatic carbocycles. The van der Waals surface area contributed by atoms with E-state index in [1.54, 1.807) is 23.1 Å². The zero-order valence-electron chi connectivity index (χ0n) is 12.1. The molecule has 1 amide bonds. The first-order chi connectivity index (χ1) is 10.1. The molecule has 6 heteroatoms. The maximum atomic E-state index is 12.7. The van der Waals surface area contributed by atoms with Gasteiger partial charge in [0.1, 0.15) is 11.8 Å². The molecule has 1 atom stereocenters. The Kier molecular flexibility index (Phi) is 5.07. The molecule has 0 spiro atoms. The predicted molar refractivity (Wildman–Crippen MR) is 78.7 cm³/mol. The van der Waals surface area contributed by atoms with Crippen molar-refractivity contribution >= 4 is 23.5 Å². The van der Waals surface area contributed by atoms with Crippen LogP contribution in [0.3, 0.4) is 0 Å². The van der Waals surface area contributed by atoms with Crippen LogP contribution in [0.25, 0.3) is 0 Å². The standard InChI is InChI=1S/C15H18ClNO4/c1-20-13-7-6-10(16)9-11(13)14(18)17-8-4-3-5-12(17)15(19)21-2/h6-7,9,12H,3-5,8H2,1-2H3. The molecule has 21 heavy (non-hydrogen) atoms. The number of rotatable bonds is 3. The summed E-state index contributed by atoms with van der Waals surface area (Å²) < 4.78 is 10.0. The second kappa shape index (κ2) is 6.80. The number of amides is 1. The van der Waals surface area contributed by atoms with Crippen molar-refractivity contribution in [2.24, 2.45) is 0 Å². The van der Waals surface area contributed by atoms with Crippen LogP contribution in [0.5, 0.6) is 5.75 Å². The number of methoxy groups -OCH3 is 2. The fraction of sp³-hybridized carbons (Fsp3) is 0.467. The van der Waals surface area contributed by atoms with Crippen molar-refractivity contribution in [3.63, 3.8) is 0 Å². The molecule has 1 aromatic carbocycles. The van der Waals surface area contributed by atoms with Crippen LogP contribution in [0.15, 0.2) is 18.2 Å². The number of ether oxygens (including phenoxy) is 2. The summed E-state index contributed by atoms with van der Waals surface area (Å²) in [5, 5.41) is 0.450. The Morgan fingerprint density at radius 3 is 2.71 bits per heavy atom. The van der Waals surface area contributed by atoms with Crippen LogP contribution in [0.2, 0.25) is 5.02 Å². The number of hydrogen-bond donors (Lipinski definition) is 0. The van der Waals surface area contributed by atoms with Crippen LogP contribution < -0.4 is 4.74 Å². The molecule has 5 nitrogen and oxygen atoms in total. The van der Waals surface area contributed by atoms with E-state index in [2.05, 4.69) is 0 Å². The predicted octanol–water partition coefficient (Wildman–Crippen LogP) is 2.52. The Morgan fingerprint density at radius 2 is 2.05 bits per heavy atom. The van der Waals surface area contributed by atoms with E-state index in [-0.39, 0.29) is 11.9 Å². The Bertz CT molecular complexity index is 546. The van der Waals surface area contributed by atoms with Crippen molar-refractivity contribution < 1.29 is 19.1 Å². The smallest absolute Gasteiger partial charge is 0.328 e. The lowest BCUT2D eigenvalue weighted by Gasteiger charge is -2.34. The lowest BCUT2D eigenvalue weighted by atomic mass is 10.0. The minimum Gasteiger partial charge on any atom is -0.496 e. The second-order valence-corrected chi connectivity index (χ2v) is 5.31. The van der Waals surface area contributed by atoms with Crippen molar-refractivity contribution in [1.29, 1.82) is 0 Å². The lowest BCUT2D eigenvalue weighted by Crippen LogP contribution is -2.48. The maximum absolute atomic E-state index is 12.7. The van der Waals surface area contributed by atoms with Crippen molar-refractivity contribution in [3.05, 3.63) is 28.8 Å². The van der Waals surface area contributed by atoms with Crippen LogP contribution in [0.4, 0.5) is 0 Å². The molecule has 1 aromatic rings. The summed E-state index contributed by atoms with van der Waals surface area (Å²) in [6.45, 7) is 0.522. The average Bonchev–Trinajstić information content (AvgIpc) is 2.53. The Balaban J connectivity index is 2.33. The Morgan fingerprint density at radius 1 is 1.29 bits per heavy atom. The highest BCUT2D eigenvalue weighted by atomic mass is 35.5. The normalized spacial score (nSPS) is 18.2. The molecule has 1 heterocycles. The molecular formula is C15H18ClNO4.